The summed E-state index contributed by atoms with van der Waals surface area (Å²) in [4.78, 5) is 2.66. The van der Waals surface area contributed by atoms with E-state index in [0.29, 0.717) is 18.2 Å². The van der Waals surface area contributed by atoms with E-state index in [4.69, 9.17) is 4.74 Å². The number of hydrogen-bond acceptors (Lipinski definition) is 3. The van der Waals surface area contributed by atoms with Crippen molar-refractivity contribution in [3.63, 3.8) is 0 Å². The van der Waals surface area contributed by atoms with Gasteiger partial charge < -0.3 is 10.1 Å². The van der Waals surface area contributed by atoms with Gasteiger partial charge in [-0.2, -0.15) is 0 Å². The third-order valence-corrected chi connectivity index (χ3v) is 4.73. The second kappa shape index (κ2) is 8.23. The number of unbranched alkanes of at least 4 members (excludes halogenated alkanes) is 2. The average Bonchev–Trinajstić information content (AvgIpc) is 2.88. The largest absolute Gasteiger partial charge is 0.375 e. The molecule has 112 valence electrons. The summed E-state index contributed by atoms with van der Waals surface area (Å²) >= 11 is 0. The summed E-state index contributed by atoms with van der Waals surface area (Å²) in [6, 6.07) is 1.39. The van der Waals surface area contributed by atoms with Crippen LogP contribution in [0.5, 0.6) is 0 Å². The predicted molar refractivity (Wildman–Crippen MR) is 80.6 cm³/mol. The van der Waals surface area contributed by atoms with Crippen molar-refractivity contribution >= 4 is 0 Å². The first-order valence-corrected chi connectivity index (χ1v) is 8.40. The molecular formula is C16H32N2O. The highest BCUT2D eigenvalue weighted by Gasteiger charge is 2.35. The lowest BCUT2D eigenvalue weighted by Gasteiger charge is -2.37. The lowest BCUT2D eigenvalue weighted by molar-refractivity contribution is -0.0549. The minimum atomic E-state index is 0.538. The van der Waals surface area contributed by atoms with Crippen LogP contribution in [0.15, 0.2) is 0 Å². The molecule has 0 amide bonds. The van der Waals surface area contributed by atoms with Gasteiger partial charge in [0.15, 0.2) is 0 Å². The molecular weight excluding hydrogens is 236 g/mol. The normalized spacial score (nSPS) is 29.4. The highest BCUT2D eigenvalue weighted by Crippen LogP contribution is 2.29. The Morgan fingerprint density at radius 1 is 1.32 bits per heavy atom. The molecule has 0 aromatic carbocycles. The van der Waals surface area contributed by atoms with E-state index in [1.165, 1.54) is 51.5 Å². The Balaban J connectivity index is 1.59. The number of nitrogens with zero attached hydrogens (tertiary/aromatic N) is 1. The predicted octanol–water partition coefficient (Wildman–Crippen LogP) is 2.80. The molecule has 1 saturated carbocycles. The first kappa shape index (κ1) is 15.3. The van der Waals surface area contributed by atoms with Gasteiger partial charge in [0, 0.05) is 31.7 Å². The highest BCUT2D eigenvalue weighted by atomic mass is 16.5. The maximum Gasteiger partial charge on any atom is 0.0730 e. The molecule has 2 aliphatic rings. The summed E-state index contributed by atoms with van der Waals surface area (Å²) in [5.41, 5.74) is 0. The summed E-state index contributed by atoms with van der Waals surface area (Å²) in [6.07, 6.45) is 9.90. The lowest BCUT2D eigenvalue weighted by atomic mass is 10.1. The Kier molecular flexibility index (Phi) is 6.62. The van der Waals surface area contributed by atoms with Gasteiger partial charge in [0.05, 0.1) is 12.7 Å². The molecule has 3 heteroatoms. The molecule has 0 spiro atoms. The molecule has 2 rings (SSSR count). The van der Waals surface area contributed by atoms with Crippen LogP contribution in [0, 0.1) is 0 Å². The van der Waals surface area contributed by atoms with Gasteiger partial charge in [-0.3, -0.25) is 4.90 Å². The zero-order chi connectivity index (χ0) is 13.5. The summed E-state index contributed by atoms with van der Waals surface area (Å²) in [6.45, 7) is 9.00. The molecule has 1 N–H and O–H groups in total. The Morgan fingerprint density at radius 2 is 2.21 bits per heavy atom. The Bertz CT molecular complexity index is 247. The topological polar surface area (TPSA) is 24.5 Å². The van der Waals surface area contributed by atoms with E-state index in [9.17, 15) is 0 Å². The van der Waals surface area contributed by atoms with Crippen LogP contribution in [0.2, 0.25) is 0 Å². The zero-order valence-electron chi connectivity index (χ0n) is 12.9. The second-order valence-corrected chi connectivity index (χ2v) is 6.29. The third-order valence-electron chi connectivity index (χ3n) is 4.73. The number of ether oxygens (including phenoxy) is 1. The molecule has 2 fully saturated rings. The Labute approximate surface area is 119 Å². The summed E-state index contributed by atoms with van der Waals surface area (Å²) in [5.74, 6) is 0. The van der Waals surface area contributed by atoms with Crippen molar-refractivity contribution in [2.24, 2.45) is 0 Å². The maximum absolute atomic E-state index is 5.86. The summed E-state index contributed by atoms with van der Waals surface area (Å²) in [7, 11) is 0. The number of rotatable bonds is 8. The number of fused-ring (bicyclic) bond motifs is 1. The molecule has 0 radical (unpaired) electrons. The Hall–Kier alpha value is -0.120. The van der Waals surface area contributed by atoms with Gasteiger partial charge in [0.25, 0.3) is 0 Å². The standard InChI is InChI=1S/C16H32N2O/c1-3-4-5-7-14(2)17-10-11-18-12-13-19-16-9-6-8-15(16)18/h14-17H,3-13H2,1-2H3. The fourth-order valence-electron chi connectivity index (χ4n) is 3.54. The van der Waals surface area contributed by atoms with Crippen molar-refractivity contribution < 1.29 is 4.74 Å². The van der Waals surface area contributed by atoms with Crippen LogP contribution in [0.1, 0.15) is 58.8 Å². The van der Waals surface area contributed by atoms with Crippen LogP contribution in [-0.2, 0) is 4.74 Å². The summed E-state index contributed by atoms with van der Waals surface area (Å²) in [5, 5.41) is 3.69. The highest BCUT2D eigenvalue weighted by molar-refractivity contribution is 4.89. The summed E-state index contributed by atoms with van der Waals surface area (Å²) < 4.78 is 5.86. The van der Waals surface area contributed by atoms with E-state index in [-0.39, 0.29) is 0 Å². The van der Waals surface area contributed by atoms with E-state index < -0.39 is 0 Å². The van der Waals surface area contributed by atoms with Gasteiger partial charge in [-0.1, -0.05) is 26.2 Å². The van der Waals surface area contributed by atoms with Gasteiger partial charge in [-0.05, 0) is 32.6 Å². The van der Waals surface area contributed by atoms with Gasteiger partial charge >= 0.3 is 0 Å². The molecule has 0 bridgehead atoms. The van der Waals surface area contributed by atoms with Gasteiger partial charge in [0.1, 0.15) is 0 Å². The fourth-order valence-corrected chi connectivity index (χ4v) is 3.54. The van der Waals surface area contributed by atoms with E-state index in [0.717, 1.165) is 19.7 Å². The monoisotopic (exact) mass is 268 g/mol. The van der Waals surface area contributed by atoms with Gasteiger partial charge in [0.2, 0.25) is 0 Å². The average molecular weight is 268 g/mol. The molecule has 1 aliphatic carbocycles. The number of nitrogens with one attached hydrogen (secondary N) is 1. The zero-order valence-corrected chi connectivity index (χ0v) is 12.9. The van der Waals surface area contributed by atoms with Crippen LogP contribution in [0.4, 0.5) is 0 Å². The van der Waals surface area contributed by atoms with E-state index >= 15 is 0 Å². The second-order valence-electron chi connectivity index (χ2n) is 6.29. The van der Waals surface area contributed by atoms with Crippen molar-refractivity contribution in [2.75, 3.05) is 26.2 Å². The number of morpholine rings is 1. The van der Waals surface area contributed by atoms with Crippen molar-refractivity contribution in [2.45, 2.75) is 77.0 Å². The van der Waals surface area contributed by atoms with Crippen LogP contribution >= 0.6 is 0 Å². The quantitative estimate of drug-likeness (QED) is 0.685. The molecule has 3 nitrogen and oxygen atoms in total. The lowest BCUT2D eigenvalue weighted by Crippen LogP contribution is -2.50. The minimum Gasteiger partial charge on any atom is -0.375 e. The van der Waals surface area contributed by atoms with Crippen molar-refractivity contribution in [3.05, 3.63) is 0 Å². The van der Waals surface area contributed by atoms with E-state index in [1.807, 2.05) is 0 Å². The van der Waals surface area contributed by atoms with E-state index in [1.54, 1.807) is 0 Å². The van der Waals surface area contributed by atoms with Crippen molar-refractivity contribution in [1.29, 1.82) is 0 Å². The van der Waals surface area contributed by atoms with Gasteiger partial charge in [-0.15, -0.1) is 0 Å². The SMILES string of the molecule is CCCCCC(C)NCCN1CCOC2CCCC21. The molecule has 0 aromatic heterocycles. The van der Waals surface area contributed by atoms with Gasteiger partial charge in [-0.25, -0.2) is 0 Å². The third kappa shape index (κ3) is 4.73. The molecule has 0 aromatic rings. The van der Waals surface area contributed by atoms with Crippen LogP contribution in [-0.4, -0.2) is 49.3 Å². The molecule has 3 atom stereocenters. The smallest absolute Gasteiger partial charge is 0.0730 e. The van der Waals surface area contributed by atoms with Crippen LogP contribution < -0.4 is 5.32 Å². The minimum absolute atomic E-state index is 0.538. The van der Waals surface area contributed by atoms with E-state index in [2.05, 4.69) is 24.1 Å². The Morgan fingerprint density at radius 3 is 3.05 bits per heavy atom. The first-order chi connectivity index (χ1) is 9.31. The maximum atomic E-state index is 5.86. The molecule has 1 aliphatic heterocycles. The molecule has 1 heterocycles. The van der Waals surface area contributed by atoms with Crippen LogP contribution in [0.25, 0.3) is 0 Å². The molecule has 19 heavy (non-hydrogen) atoms. The van der Waals surface area contributed by atoms with Crippen LogP contribution in [0.3, 0.4) is 0 Å². The number of hydrogen-bond donors (Lipinski definition) is 1. The fraction of sp³-hybridized carbons (Fsp3) is 1.00. The molecule has 1 saturated heterocycles. The first-order valence-electron chi connectivity index (χ1n) is 8.40. The van der Waals surface area contributed by atoms with Crippen molar-refractivity contribution in [3.8, 4) is 0 Å². The van der Waals surface area contributed by atoms with Crippen molar-refractivity contribution in [1.82, 2.24) is 10.2 Å². The molecule has 3 unspecified atom stereocenters.